The van der Waals surface area contributed by atoms with Gasteiger partial charge in [-0.15, -0.1) is 0 Å². The number of benzene rings is 2. The van der Waals surface area contributed by atoms with Crippen LogP contribution in [0, 0.1) is 0 Å². The number of fused-ring (bicyclic) bond motifs is 1. The summed E-state index contributed by atoms with van der Waals surface area (Å²) in [5.74, 6) is -3.05. The summed E-state index contributed by atoms with van der Waals surface area (Å²) in [7, 11) is 0. The van der Waals surface area contributed by atoms with Crippen LogP contribution in [-0.2, 0) is 44.7 Å². The number of piperidine rings is 1. The maximum Gasteiger partial charge on any atom is 0.264 e. The number of nitrogens with one attached hydrogen (secondary N) is 2. The number of imide groups is 2. The molecule has 0 saturated carbocycles. The molecule has 13 nitrogen and oxygen atoms in total. The topological polar surface area (TPSA) is 159 Å². The Labute approximate surface area is 248 Å². The maximum absolute atomic E-state index is 13.1. The lowest BCUT2D eigenvalue weighted by Gasteiger charge is -2.27. The number of rotatable bonds is 18. The first kappa shape index (κ1) is 31.9. The fourth-order valence-electron chi connectivity index (χ4n) is 4.51. The number of carbonyl (C=O) groups is 5. The summed E-state index contributed by atoms with van der Waals surface area (Å²) in [5, 5.41) is 4.74. The molecule has 13 heteroatoms. The molecule has 0 bridgehead atoms. The number of nitrogens with zero attached hydrogens (tertiary/aromatic N) is 1. The average molecular weight is 598 g/mol. The highest BCUT2D eigenvalue weighted by Crippen LogP contribution is 2.32. The van der Waals surface area contributed by atoms with Gasteiger partial charge in [0.05, 0.1) is 76.3 Å². The third-order valence-electron chi connectivity index (χ3n) is 6.57. The number of amides is 5. The van der Waals surface area contributed by atoms with Crippen molar-refractivity contribution in [3.8, 4) is 0 Å². The molecule has 43 heavy (non-hydrogen) atoms. The smallest absolute Gasteiger partial charge is 0.264 e. The minimum atomic E-state index is -1.09. The van der Waals surface area contributed by atoms with Gasteiger partial charge in [0.2, 0.25) is 17.7 Å². The van der Waals surface area contributed by atoms with Crippen molar-refractivity contribution in [2.45, 2.75) is 25.5 Å². The van der Waals surface area contributed by atoms with Gasteiger partial charge in [-0.2, -0.15) is 0 Å². The number of anilines is 1. The second kappa shape index (κ2) is 16.6. The molecule has 0 aromatic heterocycles. The van der Waals surface area contributed by atoms with E-state index < -0.39 is 35.6 Å². The van der Waals surface area contributed by atoms with E-state index in [1.54, 1.807) is 0 Å². The average Bonchev–Trinajstić information content (AvgIpc) is 3.25. The van der Waals surface area contributed by atoms with Crippen LogP contribution in [0.2, 0.25) is 0 Å². The fourth-order valence-corrected chi connectivity index (χ4v) is 4.51. The van der Waals surface area contributed by atoms with Crippen LogP contribution in [0.1, 0.15) is 39.1 Å². The van der Waals surface area contributed by atoms with Gasteiger partial charge in [-0.3, -0.25) is 34.2 Å². The monoisotopic (exact) mass is 597 g/mol. The quantitative estimate of drug-likeness (QED) is 0.190. The molecular weight excluding hydrogens is 562 g/mol. The molecule has 2 aromatic rings. The maximum atomic E-state index is 13.1. The molecule has 2 aliphatic rings. The SMILES string of the molecule is O=C1CCC(N2C(=O)c3cccc(NC(=O)COCCOCCOCCOCCOCc4ccccc4)c3C2=O)C(=O)N1. The number of hydrogen-bond donors (Lipinski definition) is 2. The fraction of sp³-hybridized carbons (Fsp3) is 0.433. The number of ether oxygens (including phenoxy) is 5. The van der Waals surface area contributed by atoms with E-state index in [1.165, 1.54) is 18.2 Å². The van der Waals surface area contributed by atoms with Crippen LogP contribution in [0.15, 0.2) is 48.5 Å². The van der Waals surface area contributed by atoms with E-state index in [-0.39, 0.29) is 49.5 Å². The first-order valence-electron chi connectivity index (χ1n) is 14.0. The van der Waals surface area contributed by atoms with Crippen LogP contribution in [0.25, 0.3) is 0 Å². The number of hydrogen-bond acceptors (Lipinski definition) is 10. The van der Waals surface area contributed by atoms with Gasteiger partial charge in [-0.1, -0.05) is 36.4 Å². The standard InChI is InChI=1S/C30H35N3O10/c34-25-10-9-24(28(36)32-25)33-29(37)22-7-4-8-23(27(22)30(33)38)31-26(35)20-43-18-16-41-14-12-39-11-13-40-15-17-42-19-21-5-2-1-3-6-21/h1-8,24H,9-20H2,(H,31,35)(H,32,34,36). The highest BCUT2D eigenvalue weighted by molar-refractivity contribution is 6.26. The molecule has 1 unspecified atom stereocenters. The van der Waals surface area contributed by atoms with E-state index in [9.17, 15) is 24.0 Å². The predicted molar refractivity (Wildman–Crippen MR) is 151 cm³/mol. The Kier molecular flexibility index (Phi) is 12.3. The van der Waals surface area contributed by atoms with Crippen LogP contribution in [0.5, 0.6) is 0 Å². The highest BCUT2D eigenvalue weighted by atomic mass is 16.6. The molecule has 2 heterocycles. The summed E-state index contributed by atoms with van der Waals surface area (Å²) in [6.45, 7) is 3.28. The van der Waals surface area contributed by atoms with E-state index in [4.69, 9.17) is 23.7 Å². The van der Waals surface area contributed by atoms with E-state index in [0.29, 0.717) is 46.2 Å². The van der Waals surface area contributed by atoms with E-state index >= 15 is 0 Å². The van der Waals surface area contributed by atoms with Crippen molar-refractivity contribution in [3.05, 3.63) is 65.2 Å². The Morgan fingerprint density at radius 1 is 0.767 bits per heavy atom. The van der Waals surface area contributed by atoms with Crippen molar-refractivity contribution in [2.24, 2.45) is 0 Å². The molecular formula is C30H35N3O10. The molecule has 1 fully saturated rings. The molecule has 2 aliphatic heterocycles. The van der Waals surface area contributed by atoms with Gasteiger partial charge in [0, 0.05) is 6.42 Å². The Morgan fingerprint density at radius 2 is 1.40 bits per heavy atom. The van der Waals surface area contributed by atoms with Gasteiger partial charge in [0.15, 0.2) is 0 Å². The van der Waals surface area contributed by atoms with Gasteiger partial charge >= 0.3 is 0 Å². The van der Waals surface area contributed by atoms with Gasteiger partial charge in [-0.25, -0.2) is 0 Å². The summed E-state index contributed by atoms with van der Waals surface area (Å²) in [6, 6.07) is 13.3. The third-order valence-corrected chi connectivity index (χ3v) is 6.57. The van der Waals surface area contributed by atoms with Crippen LogP contribution < -0.4 is 10.6 Å². The Hall–Kier alpha value is -4.01. The molecule has 5 amide bonds. The Balaban J connectivity index is 1.04. The van der Waals surface area contributed by atoms with Gasteiger partial charge < -0.3 is 29.0 Å². The summed E-state index contributed by atoms with van der Waals surface area (Å²) in [6.07, 6.45) is 0.0584. The lowest BCUT2D eigenvalue weighted by Crippen LogP contribution is -2.54. The first-order valence-corrected chi connectivity index (χ1v) is 14.0. The van der Waals surface area contributed by atoms with Gasteiger partial charge in [0.1, 0.15) is 12.6 Å². The van der Waals surface area contributed by atoms with Crippen molar-refractivity contribution in [1.82, 2.24) is 10.2 Å². The van der Waals surface area contributed by atoms with Crippen molar-refractivity contribution >= 4 is 35.2 Å². The third kappa shape index (κ3) is 9.24. The predicted octanol–water partition coefficient (Wildman–Crippen LogP) is 1.31. The molecule has 2 N–H and O–H groups in total. The van der Waals surface area contributed by atoms with Crippen LogP contribution in [-0.4, -0.2) is 99.9 Å². The molecule has 1 saturated heterocycles. The van der Waals surface area contributed by atoms with E-state index in [2.05, 4.69) is 10.6 Å². The molecule has 0 aliphatic carbocycles. The van der Waals surface area contributed by atoms with Crippen LogP contribution in [0.4, 0.5) is 5.69 Å². The second-order valence-corrected chi connectivity index (χ2v) is 9.65. The summed E-state index contributed by atoms with van der Waals surface area (Å²) < 4.78 is 27.2. The second-order valence-electron chi connectivity index (χ2n) is 9.65. The van der Waals surface area contributed by atoms with Crippen molar-refractivity contribution in [1.29, 1.82) is 0 Å². The molecule has 1 atom stereocenters. The zero-order chi connectivity index (χ0) is 30.4. The molecule has 0 spiro atoms. The zero-order valence-electron chi connectivity index (χ0n) is 23.7. The lowest BCUT2D eigenvalue weighted by molar-refractivity contribution is -0.136. The molecule has 2 aromatic carbocycles. The Bertz CT molecular complexity index is 1290. The first-order chi connectivity index (χ1) is 21.0. The summed E-state index contributed by atoms with van der Waals surface area (Å²) in [4.78, 5) is 63.0. The van der Waals surface area contributed by atoms with Crippen molar-refractivity contribution in [2.75, 3.05) is 64.8 Å². The normalized spacial score (nSPS) is 16.4. The van der Waals surface area contributed by atoms with Crippen molar-refractivity contribution < 1.29 is 47.7 Å². The van der Waals surface area contributed by atoms with Gasteiger partial charge in [-0.05, 0) is 24.1 Å². The largest absolute Gasteiger partial charge is 0.377 e. The zero-order valence-corrected chi connectivity index (χ0v) is 23.7. The van der Waals surface area contributed by atoms with Crippen molar-refractivity contribution in [3.63, 3.8) is 0 Å². The minimum absolute atomic E-state index is 0.00400. The summed E-state index contributed by atoms with van der Waals surface area (Å²) in [5.41, 5.74) is 1.32. The van der Waals surface area contributed by atoms with Crippen LogP contribution in [0.3, 0.4) is 0 Å². The summed E-state index contributed by atoms with van der Waals surface area (Å²) >= 11 is 0. The van der Waals surface area contributed by atoms with E-state index in [0.717, 1.165) is 10.5 Å². The number of carbonyl (C=O) groups excluding carboxylic acids is 5. The van der Waals surface area contributed by atoms with E-state index in [1.807, 2.05) is 30.3 Å². The Morgan fingerprint density at radius 3 is 2.05 bits per heavy atom. The molecule has 4 rings (SSSR count). The molecule has 230 valence electrons. The lowest BCUT2D eigenvalue weighted by atomic mass is 10.0. The minimum Gasteiger partial charge on any atom is -0.377 e. The highest BCUT2D eigenvalue weighted by Gasteiger charge is 2.45. The van der Waals surface area contributed by atoms with Gasteiger partial charge in [0.25, 0.3) is 11.8 Å². The van der Waals surface area contributed by atoms with Crippen LogP contribution >= 0.6 is 0 Å². The molecule has 0 radical (unpaired) electrons.